The number of aromatic nitrogens is 3. The van der Waals surface area contributed by atoms with E-state index in [9.17, 15) is 18.0 Å². The summed E-state index contributed by atoms with van der Waals surface area (Å²) in [5.41, 5.74) is 5.39. The van der Waals surface area contributed by atoms with Crippen molar-refractivity contribution < 1.29 is 22.5 Å². The maximum atomic E-state index is 13.2. The first-order chi connectivity index (χ1) is 16.3. The quantitative estimate of drug-likeness (QED) is 0.345. The number of carbonyl (C=O) groups excluding carboxylic acids is 1. The van der Waals surface area contributed by atoms with E-state index < -0.39 is 23.3 Å². The third-order valence-corrected chi connectivity index (χ3v) is 5.26. The predicted molar refractivity (Wildman–Crippen MR) is 125 cm³/mol. The Kier molecular flexibility index (Phi) is 7.13. The van der Waals surface area contributed by atoms with Crippen molar-refractivity contribution in [2.45, 2.75) is 51.7 Å². The van der Waals surface area contributed by atoms with Crippen LogP contribution in [0.15, 0.2) is 41.2 Å². The summed E-state index contributed by atoms with van der Waals surface area (Å²) in [4.78, 5) is 20.5. The largest absolute Gasteiger partial charge is 0.401 e. The van der Waals surface area contributed by atoms with Crippen LogP contribution in [0.5, 0.6) is 0 Å². The molecular weight excluding hydrogens is 463 g/mol. The molecular formula is C23H26F3N7O2. The van der Waals surface area contributed by atoms with Gasteiger partial charge in [0.05, 0.1) is 17.7 Å². The van der Waals surface area contributed by atoms with Crippen molar-refractivity contribution in [1.82, 2.24) is 15.1 Å². The molecule has 12 heteroatoms. The van der Waals surface area contributed by atoms with Gasteiger partial charge in [-0.3, -0.25) is 10.2 Å². The number of rotatable bonds is 8. The molecule has 1 amide bonds. The number of benzene rings is 1. The number of hydrogen-bond donors (Lipinski definition) is 4. The molecule has 35 heavy (non-hydrogen) atoms. The van der Waals surface area contributed by atoms with Crippen molar-refractivity contribution in [2.24, 2.45) is 0 Å². The third-order valence-electron chi connectivity index (χ3n) is 5.26. The Labute approximate surface area is 199 Å². The molecule has 5 N–H and O–H groups in total. The van der Waals surface area contributed by atoms with Crippen molar-refractivity contribution in [3.8, 4) is 0 Å². The second-order valence-electron chi connectivity index (χ2n) is 8.78. The second-order valence-corrected chi connectivity index (χ2v) is 8.78. The van der Waals surface area contributed by atoms with E-state index in [2.05, 4.69) is 25.8 Å². The molecule has 0 aliphatic heterocycles. The lowest BCUT2D eigenvalue weighted by Gasteiger charge is -2.24. The lowest BCUT2D eigenvalue weighted by atomic mass is 9.89. The van der Waals surface area contributed by atoms with Gasteiger partial charge in [0.2, 0.25) is 5.91 Å². The average Bonchev–Trinajstić information content (AvgIpc) is 3.22. The monoisotopic (exact) mass is 489 g/mol. The first kappa shape index (κ1) is 25.7. The molecule has 0 aliphatic rings. The van der Waals surface area contributed by atoms with E-state index in [0.717, 1.165) is 19.9 Å². The van der Waals surface area contributed by atoms with Crippen molar-refractivity contribution >= 4 is 29.1 Å². The number of nitrogens with one attached hydrogen (secondary N) is 3. The van der Waals surface area contributed by atoms with Crippen molar-refractivity contribution in [1.29, 1.82) is 5.41 Å². The van der Waals surface area contributed by atoms with Crippen LogP contribution in [0.4, 0.5) is 30.6 Å². The summed E-state index contributed by atoms with van der Waals surface area (Å²) in [5, 5.41) is 17.7. The van der Waals surface area contributed by atoms with Gasteiger partial charge < -0.3 is 20.9 Å². The van der Waals surface area contributed by atoms with Gasteiger partial charge in [-0.05, 0) is 33.3 Å². The molecule has 0 saturated heterocycles. The average molecular weight is 490 g/mol. The van der Waals surface area contributed by atoms with Crippen LogP contribution in [0.1, 0.15) is 50.1 Å². The summed E-state index contributed by atoms with van der Waals surface area (Å²) < 4.78 is 44.3. The second kappa shape index (κ2) is 9.72. The minimum Gasteiger partial charge on any atom is -0.383 e. The summed E-state index contributed by atoms with van der Waals surface area (Å²) in [5.74, 6) is -0.385. The highest BCUT2D eigenvalue weighted by molar-refractivity contribution is 6.16. The van der Waals surface area contributed by atoms with Crippen LogP contribution in [0.2, 0.25) is 0 Å². The minimum absolute atomic E-state index is 0.0603. The van der Waals surface area contributed by atoms with Gasteiger partial charge >= 0.3 is 6.18 Å². The first-order valence-corrected chi connectivity index (χ1v) is 10.7. The summed E-state index contributed by atoms with van der Waals surface area (Å²) in [6, 6.07) is 7.79. The fraction of sp³-hybridized carbons (Fsp3) is 0.348. The number of amides is 1. The highest BCUT2D eigenvalue weighted by Crippen LogP contribution is 2.41. The van der Waals surface area contributed by atoms with Crippen LogP contribution < -0.4 is 16.4 Å². The molecule has 0 aliphatic carbocycles. The Morgan fingerprint density at radius 3 is 2.43 bits per heavy atom. The van der Waals surface area contributed by atoms with Gasteiger partial charge in [0, 0.05) is 17.7 Å². The fourth-order valence-corrected chi connectivity index (χ4v) is 3.10. The van der Waals surface area contributed by atoms with Gasteiger partial charge in [-0.1, -0.05) is 29.4 Å². The molecule has 0 saturated carbocycles. The molecule has 2 aromatic heterocycles. The lowest BCUT2D eigenvalue weighted by molar-refractivity contribution is -0.185. The fourth-order valence-electron chi connectivity index (χ4n) is 3.10. The summed E-state index contributed by atoms with van der Waals surface area (Å²) in [7, 11) is 0. The third kappa shape index (κ3) is 5.76. The van der Waals surface area contributed by atoms with Crippen molar-refractivity contribution in [2.75, 3.05) is 16.4 Å². The smallest absolute Gasteiger partial charge is 0.383 e. The molecule has 0 unspecified atom stereocenters. The topological polar surface area (TPSA) is 143 Å². The number of nitrogen functional groups attached to an aromatic ring is 1. The van der Waals surface area contributed by atoms with Crippen LogP contribution in [-0.4, -0.2) is 39.0 Å². The Morgan fingerprint density at radius 2 is 1.83 bits per heavy atom. The number of carbonyl (C=O) groups is 1. The minimum atomic E-state index is -4.54. The Balaban J connectivity index is 1.69. The summed E-state index contributed by atoms with van der Waals surface area (Å²) in [6.07, 6.45) is -3.28. The molecule has 3 aromatic rings. The van der Waals surface area contributed by atoms with Gasteiger partial charge in [0.15, 0.2) is 11.6 Å². The number of nitrogens with zero attached hydrogens (tertiary/aromatic N) is 3. The number of alkyl halides is 3. The van der Waals surface area contributed by atoms with Gasteiger partial charge in [0.1, 0.15) is 23.4 Å². The Bertz CT molecular complexity index is 1220. The molecule has 9 nitrogen and oxygen atoms in total. The molecule has 0 spiro atoms. The Hall–Kier alpha value is -3.96. The van der Waals surface area contributed by atoms with E-state index in [4.69, 9.17) is 15.7 Å². The molecule has 0 bridgehead atoms. The highest BCUT2D eigenvalue weighted by Gasteiger charge is 2.51. The van der Waals surface area contributed by atoms with Crippen molar-refractivity contribution in [3.05, 3.63) is 59.1 Å². The van der Waals surface area contributed by atoms with Crippen molar-refractivity contribution in [3.63, 3.8) is 0 Å². The lowest BCUT2D eigenvalue weighted by Crippen LogP contribution is -2.35. The molecule has 0 radical (unpaired) electrons. The zero-order valence-electron chi connectivity index (χ0n) is 19.6. The number of nitrogens with two attached hydrogens (primary N) is 1. The van der Waals surface area contributed by atoms with Gasteiger partial charge in [-0.2, -0.15) is 13.2 Å². The van der Waals surface area contributed by atoms with Crippen LogP contribution in [0, 0.1) is 5.41 Å². The zero-order chi connectivity index (χ0) is 26.0. The molecule has 186 valence electrons. The normalized spacial score (nSPS) is 12.0. The van der Waals surface area contributed by atoms with E-state index in [1.807, 2.05) is 13.8 Å². The van der Waals surface area contributed by atoms with E-state index >= 15 is 0 Å². The van der Waals surface area contributed by atoms with Crippen LogP contribution >= 0.6 is 0 Å². The molecule has 3 rings (SSSR count). The zero-order valence-corrected chi connectivity index (χ0v) is 19.6. The maximum Gasteiger partial charge on any atom is 0.401 e. The highest BCUT2D eigenvalue weighted by atomic mass is 19.4. The predicted octanol–water partition coefficient (Wildman–Crippen LogP) is 4.30. The number of anilines is 3. The molecule has 0 fully saturated rings. The summed E-state index contributed by atoms with van der Waals surface area (Å²) >= 11 is 0. The number of hydrogen-bond acceptors (Lipinski definition) is 8. The SMILES string of the molecule is CC(C)Nc1ncnc(N)c1C(=N)c1ccc(CC(=O)Nc2cc(C(C)(C)C(F)(F)F)on2)cc1. The maximum absolute atomic E-state index is 13.2. The number of halogens is 3. The first-order valence-electron chi connectivity index (χ1n) is 10.7. The molecule has 2 heterocycles. The molecule has 0 atom stereocenters. The van der Waals surface area contributed by atoms with Gasteiger partial charge in [-0.25, -0.2) is 9.97 Å². The van der Waals surface area contributed by atoms with Crippen LogP contribution in [0.25, 0.3) is 0 Å². The van der Waals surface area contributed by atoms with Crippen LogP contribution in [-0.2, 0) is 16.6 Å². The molecule has 1 aromatic carbocycles. The van der Waals surface area contributed by atoms with Gasteiger partial charge in [-0.15, -0.1) is 0 Å². The van der Waals surface area contributed by atoms with E-state index in [0.29, 0.717) is 22.5 Å². The van der Waals surface area contributed by atoms with E-state index in [1.165, 1.54) is 6.33 Å². The van der Waals surface area contributed by atoms with Crippen LogP contribution in [0.3, 0.4) is 0 Å². The standard InChI is InChI=1S/C23H26F3N7O2/c1-12(2)31-21-18(20(28)29-11-30-21)19(27)14-7-5-13(6-8-14)9-17(34)32-16-10-15(35-33-16)22(3,4)23(24,25)26/h5-8,10-12,27H,9H2,1-4H3,(H,32,33,34)(H3,28,29,30,31). The van der Waals surface area contributed by atoms with Gasteiger partial charge in [0.25, 0.3) is 0 Å². The summed E-state index contributed by atoms with van der Waals surface area (Å²) in [6.45, 7) is 5.80. The van der Waals surface area contributed by atoms with E-state index in [1.54, 1.807) is 24.3 Å². The Morgan fingerprint density at radius 1 is 1.17 bits per heavy atom. The van der Waals surface area contributed by atoms with E-state index in [-0.39, 0.29) is 29.8 Å².